The van der Waals surface area contributed by atoms with Gasteiger partial charge in [0, 0.05) is 0 Å². The third kappa shape index (κ3) is 9.72. The Morgan fingerprint density at radius 1 is 0.568 bits per heavy atom. The molecule has 0 spiro atoms. The predicted molar refractivity (Wildman–Crippen MR) is 186 cm³/mol. The Bertz CT molecular complexity index is 971. The topological polar surface area (TPSA) is 26.3 Å². The average Bonchev–Trinajstić information content (AvgIpc) is 3.07. The van der Waals surface area contributed by atoms with Crippen molar-refractivity contribution >= 4 is 5.97 Å². The molecule has 0 atom stereocenters. The van der Waals surface area contributed by atoms with Crippen molar-refractivity contribution in [3.63, 3.8) is 0 Å². The van der Waals surface area contributed by atoms with Gasteiger partial charge in [-0.3, -0.25) is 4.79 Å². The molecule has 0 heterocycles. The Balaban J connectivity index is 0.000000215. The number of benzene rings is 1. The lowest BCUT2D eigenvalue weighted by Gasteiger charge is -2.36. The molecule has 5 aliphatic rings. The largest absolute Gasteiger partial charge is 0.426 e. The summed E-state index contributed by atoms with van der Waals surface area (Å²) in [6, 6.07) is 8.40. The van der Waals surface area contributed by atoms with E-state index >= 15 is 0 Å². The molecule has 0 unspecified atom stereocenters. The van der Waals surface area contributed by atoms with Crippen molar-refractivity contribution in [2.24, 2.45) is 53.3 Å². The van der Waals surface area contributed by atoms with E-state index in [4.69, 9.17) is 4.74 Å². The van der Waals surface area contributed by atoms with Gasteiger partial charge in [0.05, 0.1) is 5.92 Å². The monoisotopic (exact) mass is 603 g/mol. The lowest BCUT2D eigenvalue weighted by molar-refractivity contribution is -0.140. The summed E-state index contributed by atoms with van der Waals surface area (Å²) in [5, 5.41) is 0. The van der Waals surface area contributed by atoms with E-state index in [1.165, 1.54) is 121 Å². The molecule has 0 bridgehead atoms. The first-order valence-corrected chi connectivity index (χ1v) is 19.3. The number of allylic oxidation sites excluding steroid dienone is 1. The van der Waals surface area contributed by atoms with Crippen LogP contribution < -0.4 is 4.74 Å². The fraction of sp³-hybridized carbons (Fsp3) is 0.786. The van der Waals surface area contributed by atoms with E-state index in [9.17, 15) is 4.79 Å². The molecule has 44 heavy (non-hydrogen) atoms. The summed E-state index contributed by atoms with van der Waals surface area (Å²) in [4.78, 5) is 12.7. The van der Waals surface area contributed by atoms with Crippen LogP contribution in [0.2, 0.25) is 0 Å². The second kappa shape index (κ2) is 16.8. The molecule has 2 nitrogen and oxygen atoms in total. The number of ether oxygens (including phenoxy) is 1. The van der Waals surface area contributed by atoms with Crippen molar-refractivity contribution in [1.29, 1.82) is 0 Å². The standard InChI is InChI=1S/C27H40O2.C15H26/c1-19-3-7-21(8-4-19)23-11-13-25(14-12-23)27(28)29-26-17-15-24(16-18-26)22-9-5-20(2)6-10-22;1-3-13-6-10-15(11-7-13)14-8-4-12(2)5-9-14/h15-23,25H,3-14H2,1-2H3;3,12-15H,1,4-11H2,2H3. The van der Waals surface area contributed by atoms with Gasteiger partial charge in [-0.25, -0.2) is 0 Å². The van der Waals surface area contributed by atoms with Gasteiger partial charge >= 0.3 is 5.97 Å². The van der Waals surface area contributed by atoms with Crippen LogP contribution in [0.5, 0.6) is 5.75 Å². The number of carbonyl (C=O) groups is 1. The molecule has 0 aliphatic heterocycles. The maximum atomic E-state index is 12.7. The van der Waals surface area contributed by atoms with Crippen LogP contribution >= 0.6 is 0 Å². The van der Waals surface area contributed by atoms with E-state index in [0.717, 1.165) is 65.9 Å². The van der Waals surface area contributed by atoms with E-state index in [1.807, 2.05) is 12.1 Å². The van der Waals surface area contributed by atoms with E-state index in [-0.39, 0.29) is 11.9 Å². The van der Waals surface area contributed by atoms with Crippen molar-refractivity contribution in [2.45, 2.75) is 155 Å². The summed E-state index contributed by atoms with van der Waals surface area (Å²) in [6.45, 7) is 11.1. The van der Waals surface area contributed by atoms with Crippen LogP contribution in [-0.2, 0) is 4.79 Å². The Labute approximate surface area is 271 Å². The lowest BCUT2D eigenvalue weighted by Crippen LogP contribution is -2.29. The van der Waals surface area contributed by atoms with Crippen LogP contribution in [0, 0.1) is 53.3 Å². The van der Waals surface area contributed by atoms with Gasteiger partial charge in [0.25, 0.3) is 0 Å². The molecule has 0 amide bonds. The van der Waals surface area contributed by atoms with Crippen LogP contribution in [0.15, 0.2) is 36.9 Å². The third-order valence-corrected chi connectivity index (χ3v) is 13.3. The lowest BCUT2D eigenvalue weighted by atomic mass is 9.69. The van der Waals surface area contributed by atoms with Crippen LogP contribution in [0.25, 0.3) is 0 Å². The fourth-order valence-electron chi connectivity index (χ4n) is 9.79. The van der Waals surface area contributed by atoms with Crippen LogP contribution in [0.3, 0.4) is 0 Å². The zero-order valence-electron chi connectivity index (χ0n) is 28.8. The minimum absolute atomic E-state index is 0.0000393. The van der Waals surface area contributed by atoms with Crippen molar-refractivity contribution < 1.29 is 9.53 Å². The molecule has 1 aromatic rings. The SMILES string of the molecule is C=CC1CCC(C2CCC(C)CC2)CC1.CC1CCC(c2ccc(OC(=O)C3CCC(C4CCC(C)CC4)CC3)cc2)CC1. The average molecular weight is 603 g/mol. The first kappa shape index (κ1) is 33.8. The van der Waals surface area contributed by atoms with E-state index in [1.54, 1.807) is 0 Å². The number of esters is 1. The fourth-order valence-corrected chi connectivity index (χ4v) is 9.79. The summed E-state index contributed by atoms with van der Waals surface area (Å²) >= 11 is 0. The normalized spacial score (nSPS) is 38.1. The molecule has 246 valence electrons. The molecule has 0 saturated heterocycles. The number of hydrogen-bond donors (Lipinski definition) is 0. The van der Waals surface area contributed by atoms with Crippen molar-refractivity contribution in [3.05, 3.63) is 42.5 Å². The molecule has 0 radical (unpaired) electrons. The Morgan fingerprint density at radius 2 is 0.955 bits per heavy atom. The van der Waals surface area contributed by atoms with Crippen LogP contribution in [-0.4, -0.2) is 5.97 Å². The predicted octanol–water partition coefficient (Wildman–Crippen LogP) is 12.3. The number of carbonyl (C=O) groups excluding carboxylic acids is 1. The van der Waals surface area contributed by atoms with Crippen molar-refractivity contribution in [3.8, 4) is 5.75 Å². The number of rotatable bonds is 6. The number of hydrogen-bond acceptors (Lipinski definition) is 2. The molecule has 5 saturated carbocycles. The van der Waals surface area contributed by atoms with Gasteiger partial charge in [-0.1, -0.05) is 77.5 Å². The second-order valence-corrected chi connectivity index (χ2v) is 16.5. The highest BCUT2D eigenvalue weighted by Gasteiger charge is 2.33. The van der Waals surface area contributed by atoms with Crippen molar-refractivity contribution in [2.75, 3.05) is 0 Å². The van der Waals surface area contributed by atoms with Gasteiger partial charge in [-0.15, -0.1) is 6.58 Å². The van der Waals surface area contributed by atoms with Gasteiger partial charge in [0.15, 0.2) is 0 Å². The molecule has 6 rings (SSSR count). The highest BCUT2D eigenvalue weighted by molar-refractivity contribution is 5.75. The van der Waals surface area contributed by atoms with Crippen LogP contribution in [0.4, 0.5) is 0 Å². The zero-order valence-corrected chi connectivity index (χ0v) is 28.8. The molecule has 0 aromatic heterocycles. The molecular weight excluding hydrogens is 536 g/mol. The first-order valence-electron chi connectivity index (χ1n) is 19.3. The summed E-state index contributed by atoms with van der Waals surface area (Å²) in [5.74, 6) is 9.07. The van der Waals surface area contributed by atoms with Gasteiger partial charge in [-0.2, -0.15) is 0 Å². The van der Waals surface area contributed by atoms with Crippen molar-refractivity contribution in [1.82, 2.24) is 0 Å². The smallest absolute Gasteiger partial charge is 0.314 e. The summed E-state index contributed by atoms with van der Waals surface area (Å²) in [7, 11) is 0. The molecule has 2 heteroatoms. The minimum atomic E-state index is -0.0000393. The van der Waals surface area contributed by atoms with Crippen LogP contribution in [0.1, 0.15) is 161 Å². The maximum Gasteiger partial charge on any atom is 0.314 e. The quantitative estimate of drug-likeness (QED) is 0.184. The zero-order chi connectivity index (χ0) is 30.9. The Hall–Kier alpha value is -1.57. The summed E-state index contributed by atoms with van der Waals surface area (Å²) < 4.78 is 5.77. The maximum absolute atomic E-state index is 12.7. The minimum Gasteiger partial charge on any atom is -0.426 e. The summed E-state index contributed by atoms with van der Waals surface area (Å²) in [5.41, 5.74) is 1.42. The molecule has 5 aliphatic carbocycles. The Morgan fingerprint density at radius 3 is 1.39 bits per heavy atom. The van der Waals surface area contributed by atoms with Gasteiger partial charge in [0.2, 0.25) is 0 Å². The van der Waals surface area contributed by atoms with Gasteiger partial charge in [-0.05, 0) is 161 Å². The molecule has 5 fully saturated rings. The highest BCUT2D eigenvalue weighted by atomic mass is 16.5. The Kier molecular flexibility index (Phi) is 12.9. The van der Waals surface area contributed by atoms with E-state index in [2.05, 4.69) is 45.6 Å². The highest BCUT2D eigenvalue weighted by Crippen LogP contribution is 2.43. The van der Waals surface area contributed by atoms with Gasteiger partial charge < -0.3 is 4.74 Å². The third-order valence-electron chi connectivity index (χ3n) is 13.3. The summed E-state index contributed by atoms with van der Waals surface area (Å²) in [6.07, 6.45) is 29.4. The molecule has 1 aromatic carbocycles. The van der Waals surface area contributed by atoms with E-state index < -0.39 is 0 Å². The first-order chi connectivity index (χ1) is 21.4. The molecule has 0 N–H and O–H groups in total. The van der Waals surface area contributed by atoms with E-state index in [0.29, 0.717) is 5.92 Å². The second-order valence-electron chi connectivity index (χ2n) is 16.5. The molecular formula is C42H66O2. The van der Waals surface area contributed by atoms with Gasteiger partial charge in [0.1, 0.15) is 5.75 Å².